The highest BCUT2D eigenvalue weighted by Crippen LogP contribution is 2.42. The molecular formula is C13H17NO3. The molecule has 2 aliphatic heterocycles. The van der Waals surface area contributed by atoms with Crippen molar-refractivity contribution in [1.82, 2.24) is 4.90 Å². The van der Waals surface area contributed by atoms with E-state index in [4.69, 9.17) is 4.74 Å². The number of hydrogen-bond acceptors (Lipinski definition) is 3. The number of hydrogen-bond donors (Lipinski definition) is 0. The number of amides is 1. The second-order valence-electron chi connectivity index (χ2n) is 5.29. The van der Waals surface area contributed by atoms with Crippen molar-refractivity contribution < 1.29 is 14.3 Å². The van der Waals surface area contributed by atoms with E-state index in [9.17, 15) is 9.59 Å². The maximum absolute atomic E-state index is 11.8. The Kier molecular flexibility index (Phi) is 2.45. The summed E-state index contributed by atoms with van der Waals surface area (Å²) in [6.07, 6.45) is 4.81. The molecule has 0 unspecified atom stereocenters. The molecule has 4 nitrogen and oxygen atoms in total. The lowest BCUT2D eigenvalue weighted by molar-refractivity contribution is -0.125. The summed E-state index contributed by atoms with van der Waals surface area (Å²) in [5.41, 5.74) is 0. The first-order chi connectivity index (χ1) is 8.20. The molecule has 4 heteroatoms. The summed E-state index contributed by atoms with van der Waals surface area (Å²) in [5.74, 6) is 0.874. The van der Waals surface area contributed by atoms with E-state index in [1.54, 1.807) is 0 Å². The Morgan fingerprint density at radius 2 is 2.12 bits per heavy atom. The summed E-state index contributed by atoms with van der Waals surface area (Å²) in [5, 5.41) is 0. The fraction of sp³-hybridized carbons (Fsp3) is 0.692. The predicted octanol–water partition coefficient (Wildman–Crippen LogP) is 1.75. The van der Waals surface area contributed by atoms with E-state index in [1.165, 1.54) is 0 Å². The van der Waals surface area contributed by atoms with Crippen LogP contribution >= 0.6 is 0 Å². The third kappa shape index (κ3) is 1.58. The minimum Gasteiger partial charge on any atom is -0.447 e. The number of allylic oxidation sites excluding steroid dienone is 1. The molecule has 1 aliphatic carbocycles. The zero-order chi connectivity index (χ0) is 12.0. The number of Topliss-reactive ketones (excluding diaryl/α,β-unsaturated/α-hetero) is 1. The fourth-order valence-corrected chi connectivity index (χ4v) is 3.62. The topological polar surface area (TPSA) is 46.6 Å². The third-order valence-corrected chi connectivity index (χ3v) is 4.44. The summed E-state index contributed by atoms with van der Waals surface area (Å²) in [6.45, 7) is 4.32. The van der Waals surface area contributed by atoms with Gasteiger partial charge in [0.05, 0.1) is 6.04 Å². The molecule has 0 spiro atoms. The highest BCUT2D eigenvalue weighted by molar-refractivity contribution is 5.82. The normalized spacial score (nSPS) is 40.6. The van der Waals surface area contributed by atoms with Crippen molar-refractivity contribution in [1.29, 1.82) is 0 Å². The van der Waals surface area contributed by atoms with Crippen LogP contribution in [0.5, 0.6) is 0 Å². The van der Waals surface area contributed by atoms with Crippen LogP contribution in [-0.2, 0) is 9.53 Å². The van der Waals surface area contributed by atoms with Crippen LogP contribution in [0.1, 0.15) is 25.7 Å². The zero-order valence-electron chi connectivity index (χ0n) is 9.80. The maximum Gasteiger partial charge on any atom is 0.410 e. The van der Waals surface area contributed by atoms with Crippen LogP contribution in [0, 0.1) is 11.8 Å². The summed E-state index contributed by atoms with van der Waals surface area (Å²) in [4.78, 5) is 25.3. The van der Waals surface area contributed by atoms with Crippen molar-refractivity contribution in [2.75, 3.05) is 6.61 Å². The van der Waals surface area contributed by atoms with Crippen molar-refractivity contribution in [3.8, 4) is 0 Å². The molecule has 1 amide bonds. The Morgan fingerprint density at radius 3 is 2.88 bits per heavy atom. The van der Waals surface area contributed by atoms with Gasteiger partial charge in [0.15, 0.2) is 0 Å². The molecule has 0 bridgehead atoms. The molecule has 3 fully saturated rings. The van der Waals surface area contributed by atoms with E-state index in [0.29, 0.717) is 25.4 Å². The van der Waals surface area contributed by atoms with E-state index >= 15 is 0 Å². The number of piperidine rings is 1. The molecule has 2 heterocycles. The van der Waals surface area contributed by atoms with Crippen molar-refractivity contribution >= 4 is 11.9 Å². The molecule has 17 heavy (non-hydrogen) atoms. The van der Waals surface area contributed by atoms with Gasteiger partial charge in [-0.15, -0.1) is 6.58 Å². The van der Waals surface area contributed by atoms with E-state index in [-0.39, 0.29) is 29.9 Å². The monoisotopic (exact) mass is 235 g/mol. The van der Waals surface area contributed by atoms with Gasteiger partial charge in [-0.2, -0.15) is 0 Å². The maximum atomic E-state index is 11.8. The first kappa shape index (κ1) is 10.8. The first-order valence-corrected chi connectivity index (χ1v) is 6.30. The van der Waals surface area contributed by atoms with Gasteiger partial charge in [-0.3, -0.25) is 9.69 Å². The number of rotatable bonds is 1. The Morgan fingerprint density at radius 1 is 1.29 bits per heavy atom. The summed E-state index contributed by atoms with van der Waals surface area (Å²) in [6, 6.07) is 0.244. The quantitative estimate of drug-likeness (QED) is 0.650. The molecule has 0 aromatic heterocycles. The van der Waals surface area contributed by atoms with Crippen LogP contribution in [0.25, 0.3) is 0 Å². The molecule has 4 atom stereocenters. The molecular weight excluding hydrogens is 218 g/mol. The summed E-state index contributed by atoms with van der Waals surface area (Å²) in [7, 11) is 0. The molecule has 0 N–H and O–H groups in total. The van der Waals surface area contributed by atoms with Crippen LogP contribution in [0.2, 0.25) is 0 Å². The van der Waals surface area contributed by atoms with Crippen molar-refractivity contribution in [3.63, 3.8) is 0 Å². The molecule has 0 aromatic rings. The largest absolute Gasteiger partial charge is 0.447 e. The van der Waals surface area contributed by atoms with Crippen LogP contribution < -0.4 is 0 Å². The standard InChI is InChI=1S/C13H17NO3/c1-2-8-5-10(15)6-12-11(8)4-3-9-7-17-13(16)14(9)12/h2,8-9,11-12H,1,3-7H2/t8-,9+,11+,12-/m1/s1. The van der Waals surface area contributed by atoms with Crippen molar-refractivity contribution in [2.45, 2.75) is 37.8 Å². The first-order valence-electron chi connectivity index (χ1n) is 6.30. The highest BCUT2D eigenvalue weighted by atomic mass is 16.6. The second-order valence-corrected chi connectivity index (χ2v) is 5.29. The Hall–Kier alpha value is -1.32. The van der Waals surface area contributed by atoms with Gasteiger partial charge in [0, 0.05) is 18.9 Å². The third-order valence-electron chi connectivity index (χ3n) is 4.44. The van der Waals surface area contributed by atoms with Gasteiger partial charge in [0.1, 0.15) is 12.4 Å². The average molecular weight is 235 g/mol. The summed E-state index contributed by atoms with van der Waals surface area (Å²) >= 11 is 0. The number of nitrogens with zero attached hydrogens (tertiary/aromatic N) is 1. The van der Waals surface area contributed by atoms with Gasteiger partial charge in [-0.1, -0.05) is 6.08 Å². The molecule has 0 radical (unpaired) electrons. The average Bonchev–Trinajstić information content (AvgIpc) is 2.70. The van der Waals surface area contributed by atoms with E-state index in [1.807, 2.05) is 11.0 Å². The Bertz CT molecular complexity index is 379. The van der Waals surface area contributed by atoms with Gasteiger partial charge in [0.25, 0.3) is 0 Å². The number of carbonyl (C=O) groups excluding carboxylic acids is 2. The van der Waals surface area contributed by atoms with Gasteiger partial charge < -0.3 is 4.74 Å². The Balaban J connectivity index is 1.90. The smallest absolute Gasteiger partial charge is 0.410 e. The molecule has 2 saturated heterocycles. The SMILES string of the molecule is C=C[C@@H]1CC(=O)C[C@@H]2[C@H]1CC[C@H]1COC(=O)N12. The van der Waals surface area contributed by atoms with Gasteiger partial charge in [-0.05, 0) is 24.7 Å². The number of carbonyl (C=O) groups is 2. The van der Waals surface area contributed by atoms with E-state index in [2.05, 4.69) is 6.58 Å². The summed E-state index contributed by atoms with van der Waals surface area (Å²) < 4.78 is 5.10. The molecule has 1 saturated carbocycles. The Labute approximate surface area is 101 Å². The number of ketones is 1. The molecule has 3 aliphatic rings. The fourth-order valence-electron chi connectivity index (χ4n) is 3.62. The minimum atomic E-state index is -0.234. The van der Waals surface area contributed by atoms with E-state index in [0.717, 1.165) is 12.8 Å². The number of ether oxygens (including phenoxy) is 1. The van der Waals surface area contributed by atoms with Crippen molar-refractivity contribution in [3.05, 3.63) is 12.7 Å². The lowest BCUT2D eigenvalue weighted by Crippen LogP contribution is -2.54. The van der Waals surface area contributed by atoms with Crippen LogP contribution in [0.3, 0.4) is 0 Å². The van der Waals surface area contributed by atoms with Crippen LogP contribution in [0.15, 0.2) is 12.7 Å². The molecule has 3 rings (SSSR count). The number of fused-ring (bicyclic) bond motifs is 3. The zero-order valence-corrected chi connectivity index (χ0v) is 9.80. The highest BCUT2D eigenvalue weighted by Gasteiger charge is 2.49. The van der Waals surface area contributed by atoms with Gasteiger partial charge in [-0.25, -0.2) is 4.79 Å². The van der Waals surface area contributed by atoms with E-state index < -0.39 is 0 Å². The van der Waals surface area contributed by atoms with Gasteiger partial charge >= 0.3 is 6.09 Å². The second kappa shape index (κ2) is 3.86. The van der Waals surface area contributed by atoms with Crippen molar-refractivity contribution in [2.24, 2.45) is 11.8 Å². The van der Waals surface area contributed by atoms with Crippen LogP contribution in [0.4, 0.5) is 4.79 Å². The lowest BCUT2D eigenvalue weighted by Gasteiger charge is -2.46. The van der Waals surface area contributed by atoms with Gasteiger partial charge in [0.2, 0.25) is 0 Å². The number of cyclic esters (lactones) is 1. The minimum absolute atomic E-state index is 0.0491. The lowest BCUT2D eigenvalue weighted by atomic mass is 9.70. The molecule has 92 valence electrons. The molecule has 0 aromatic carbocycles. The predicted molar refractivity (Wildman–Crippen MR) is 61.4 cm³/mol. The van der Waals surface area contributed by atoms with Crippen LogP contribution in [-0.4, -0.2) is 35.5 Å².